The van der Waals surface area contributed by atoms with Crippen molar-refractivity contribution < 1.29 is 28.2 Å². The zero-order valence-electron chi connectivity index (χ0n) is 19.5. The Balaban J connectivity index is 1.34. The molecule has 9 heteroatoms. The number of anilines is 1. The highest BCUT2D eigenvalue weighted by Gasteiger charge is 2.35. The van der Waals surface area contributed by atoms with Gasteiger partial charge in [-0.25, -0.2) is 0 Å². The second-order valence-electron chi connectivity index (χ2n) is 8.43. The molecule has 0 N–H and O–H groups in total. The van der Waals surface area contributed by atoms with Gasteiger partial charge in [-0.15, -0.1) is 0 Å². The molecule has 0 bridgehead atoms. The van der Waals surface area contributed by atoms with E-state index in [1.54, 1.807) is 48.3 Å². The summed E-state index contributed by atoms with van der Waals surface area (Å²) in [5.41, 5.74) is 1.35. The van der Waals surface area contributed by atoms with Gasteiger partial charge in [-0.1, -0.05) is 23.7 Å². The van der Waals surface area contributed by atoms with Crippen LogP contribution in [0, 0.1) is 5.92 Å². The highest BCUT2D eigenvalue weighted by atomic mass is 35.5. The molecule has 1 heterocycles. The summed E-state index contributed by atoms with van der Waals surface area (Å²) in [7, 11) is 3.15. The van der Waals surface area contributed by atoms with Crippen molar-refractivity contribution in [2.75, 3.05) is 32.3 Å². The van der Waals surface area contributed by atoms with Gasteiger partial charge in [0.15, 0.2) is 23.2 Å². The number of hydrogen-bond acceptors (Lipinski definition) is 8. The fourth-order valence-corrected chi connectivity index (χ4v) is 4.22. The lowest BCUT2D eigenvalue weighted by Gasteiger charge is -2.32. The Labute approximate surface area is 207 Å². The molecular weight excluding hydrogens is 474 g/mol. The Bertz CT molecular complexity index is 1280. The molecule has 184 valence electrons. The Morgan fingerprint density at radius 1 is 1.20 bits per heavy atom. The number of esters is 1. The molecule has 1 aliphatic carbocycles. The highest BCUT2D eigenvalue weighted by Crippen LogP contribution is 2.31. The molecule has 0 aliphatic heterocycles. The van der Waals surface area contributed by atoms with Crippen LogP contribution < -0.4 is 15.1 Å². The van der Waals surface area contributed by atoms with Gasteiger partial charge in [0, 0.05) is 25.2 Å². The molecule has 0 spiro atoms. The van der Waals surface area contributed by atoms with Crippen molar-refractivity contribution in [3.05, 3.63) is 68.8 Å². The fourth-order valence-electron chi connectivity index (χ4n) is 4.00. The van der Waals surface area contributed by atoms with Gasteiger partial charge in [0.25, 0.3) is 0 Å². The van der Waals surface area contributed by atoms with Crippen molar-refractivity contribution in [2.45, 2.75) is 25.5 Å². The summed E-state index contributed by atoms with van der Waals surface area (Å²) >= 11 is 6.20. The molecule has 8 nitrogen and oxygen atoms in total. The predicted molar refractivity (Wildman–Crippen MR) is 131 cm³/mol. The third-order valence-electron chi connectivity index (χ3n) is 6.06. The number of methoxy groups -OCH3 is 1. The summed E-state index contributed by atoms with van der Waals surface area (Å²) in [4.78, 5) is 37.3. The Morgan fingerprint density at radius 3 is 2.74 bits per heavy atom. The predicted octanol–water partition coefficient (Wildman–Crippen LogP) is 4.24. The number of carbonyl (C=O) groups excluding carboxylic acids is 2. The van der Waals surface area contributed by atoms with Crippen molar-refractivity contribution in [2.24, 2.45) is 5.92 Å². The third kappa shape index (κ3) is 5.66. The van der Waals surface area contributed by atoms with Gasteiger partial charge in [-0.3, -0.25) is 14.4 Å². The molecule has 1 fully saturated rings. The van der Waals surface area contributed by atoms with Crippen LogP contribution in [0.2, 0.25) is 5.02 Å². The van der Waals surface area contributed by atoms with E-state index in [1.807, 2.05) is 0 Å². The molecular formula is C26H26ClNO7. The molecule has 2 aromatic carbocycles. The summed E-state index contributed by atoms with van der Waals surface area (Å²) in [5.74, 6) is 0.619. The number of fused-ring (bicyclic) bond motifs is 1. The Kier molecular flexibility index (Phi) is 7.73. The first-order chi connectivity index (χ1) is 16.9. The number of nitrogens with zero attached hydrogens (tertiary/aromatic N) is 1. The first-order valence-electron chi connectivity index (χ1n) is 11.2. The average molecular weight is 500 g/mol. The second kappa shape index (κ2) is 10.9. The van der Waals surface area contributed by atoms with E-state index in [2.05, 4.69) is 0 Å². The molecule has 0 atom stereocenters. The van der Waals surface area contributed by atoms with Gasteiger partial charge in [0.1, 0.15) is 12.4 Å². The first kappa shape index (κ1) is 24.8. The zero-order chi connectivity index (χ0) is 24.9. The van der Waals surface area contributed by atoms with E-state index >= 15 is 0 Å². The fraction of sp³-hybridized carbons (Fsp3) is 0.346. The number of benzene rings is 2. The minimum atomic E-state index is -0.195. The summed E-state index contributed by atoms with van der Waals surface area (Å²) in [5, 5.41) is 0.767. The van der Waals surface area contributed by atoms with Crippen LogP contribution in [0.25, 0.3) is 11.0 Å². The van der Waals surface area contributed by atoms with Crippen LogP contribution in [-0.4, -0.2) is 45.7 Å². The SMILES string of the molecule is COC(=O)C1CC(OCCOc2ccc(CN(C)c3cc(=O)c4cccc(Cl)c4o3)c(C=O)c2)C1. The Morgan fingerprint density at radius 2 is 2.00 bits per heavy atom. The maximum atomic E-state index is 12.5. The van der Waals surface area contributed by atoms with Crippen molar-refractivity contribution in [3.63, 3.8) is 0 Å². The number of aldehydes is 1. The molecule has 0 unspecified atom stereocenters. The van der Waals surface area contributed by atoms with E-state index in [9.17, 15) is 14.4 Å². The number of ether oxygens (including phenoxy) is 3. The molecule has 0 saturated heterocycles. The van der Waals surface area contributed by atoms with E-state index in [0.29, 0.717) is 65.8 Å². The summed E-state index contributed by atoms with van der Waals surface area (Å²) in [6, 6.07) is 11.7. The van der Waals surface area contributed by atoms with Gasteiger partial charge < -0.3 is 23.5 Å². The number of hydrogen-bond donors (Lipinski definition) is 0. The standard InChI is InChI=1S/C26H26ClNO7/c1-28(24-13-23(30)21-4-3-5-22(27)25(21)35-24)14-16-6-7-19(12-18(16)15-29)33-8-9-34-20-10-17(11-20)26(31)32-2/h3-7,12-13,15,17,20H,8-11,14H2,1-2H3. The van der Waals surface area contributed by atoms with Gasteiger partial charge >= 0.3 is 5.97 Å². The van der Waals surface area contributed by atoms with Crippen LogP contribution in [0.5, 0.6) is 5.75 Å². The quantitative estimate of drug-likeness (QED) is 0.232. The van der Waals surface area contributed by atoms with Crippen LogP contribution in [-0.2, 0) is 20.8 Å². The number of halogens is 1. The van der Waals surface area contributed by atoms with Gasteiger partial charge in [0.2, 0.25) is 0 Å². The second-order valence-corrected chi connectivity index (χ2v) is 8.84. The highest BCUT2D eigenvalue weighted by molar-refractivity contribution is 6.34. The smallest absolute Gasteiger partial charge is 0.308 e. The van der Waals surface area contributed by atoms with Crippen LogP contribution in [0.1, 0.15) is 28.8 Å². The lowest BCUT2D eigenvalue weighted by molar-refractivity contribution is -0.155. The van der Waals surface area contributed by atoms with Crippen LogP contribution in [0.3, 0.4) is 0 Å². The van der Waals surface area contributed by atoms with E-state index in [0.717, 1.165) is 11.8 Å². The molecule has 1 aliphatic rings. The molecule has 1 aromatic heterocycles. The van der Waals surface area contributed by atoms with Crippen LogP contribution >= 0.6 is 11.6 Å². The molecule has 35 heavy (non-hydrogen) atoms. The maximum absolute atomic E-state index is 12.5. The molecule has 4 rings (SSSR count). The van der Waals surface area contributed by atoms with Gasteiger partial charge in [-0.05, 0) is 42.7 Å². The van der Waals surface area contributed by atoms with E-state index in [1.165, 1.54) is 13.2 Å². The number of carbonyl (C=O) groups is 2. The van der Waals surface area contributed by atoms with Crippen LogP contribution in [0.15, 0.2) is 51.7 Å². The zero-order valence-corrected chi connectivity index (χ0v) is 20.2. The van der Waals surface area contributed by atoms with Crippen molar-refractivity contribution in [1.29, 1.82) is 0 Å². The van der Waals surface area contributed by atoms with E-state index in [4.69, 9.17) is 30.2 Å². The number of para-hydroxylation sites is 1. The van der Waals surface area contributed by atoms with E-state index < -0.39 is 0 Å². The van der Waals surface area contributed by atoms with Crippen molar-refractivity contribution in [3.8, 4) is 5.75 Å². The average Bonchev–Trinajstić information content (AvgIpc) is 2.83. The molecule has 0 amide bonds. The molecule has 3 aromatic rings. The lowest BCUT2D eigenvalue weighted by Crippen LogP contribution is -2.37. The normalized spacial score (nSPS) is 17.0. The number of rotatable bonds is 10. The van der Waals surface area contributed by atoms with Gasteiger partial charge in [-0.2, -0.15) is 0 Å². The molecule has 0 radical (unpaired) electrons. The molecule has 1 saturated carbocycles. The third-order valence-corrected chi connectivity index (χ3v) is 6.35. The minimum Gasteiger partial charge on any atom is -0.491 e. The largest absolute Gasteiger partial charge is 0.491 e. The van der Waals surface area contributed by atoms with Crippen LogP contribution in [0.4, 0.5) is 5.88 Å². The summed E-state index contributed by atoms with van der Waals surface area (Å²) < 4.78 is 22.0. The summed E-state index contributed by atoms with van der Waals surface area (Å²) in [6.45, 7) is 1.03. The topological polar surface area (TPSA) is 95.3 Å². The lowest BCUT2D eigenvalue weighted by atomic mass is 9.82. The minimum absolute atomic E-state index is 0.0381. The first-order valence-corrected chi connectivity index (χ1v) is 11.6. The Hall–Kier alpha value is -3.36. The monoisotopic (exact) mass is 499 g/mol. The van der Waals surface area contributed by atoms with Gasteiger partial charge in [0.05, 0.1) is 36.1 Å². The van der Waals surface area contributed by atoms with E-state index in [-0.39, 0.29) is 23.4 Å². The van der Waals surface area contributed by atoms with Crippen molar-refractivity contribution >= 4 is 40.7 Å². The summed E-state index contributed by atoms with van der Waals surface area (Å²) in [6.07, 6.45) is 2.12. The maximum Gasteiger partial charge on any atom is 0.308 e. The van der Waals surface area contributed by atoms with Crippen molar-refractivity contribution in [1.82, 2.24) is 0 Å².